The zero-order chi connectivity index (χ0) is 20.6. The van der Waals surface area contributed by atoms with Crippen LogP contribution in [-0.4, -0.2) is 43.3 Å². The first kappa shape index (κ1) is 19.9. The highest BCUT2D eigenvalue weighted by Gasteiger charge is 2.33. The fourth-order valence-electron chi connectivity index (χ4n) is 4.65. The number of nitrogens with zero attached hydrogens (tertiary/aromatic N) is 2. The average molecular weight is 439 g/mol. The second-order valence-corrected chi connectivity index (χ2v) is 11.1. The molecule has 2 aromatic carbocycles. The summed E-state index contributed by atoms with van der Waals surface area (Å²) in [7, 11) is -3.47. The van der Waals surface area contributed by atoms with Crippen molar-refractivity contribution >= 4 is 21.4 Å². The number of thiophene rings is 1. The van der Waals surface area contributed by atoms with Gasteiger partial charge in [-0.3, -0.25) is 4.90 Å². The van der Waals surface area contributed by atoms with Crippen molar-refractivity contribution in [3.8, 4) is 11.1 Å². The van der Waals surface area contributed by atoms with Crippen LogP contribution in [0, 0.1) is 0 Å². The van der Waals surface area contributed by atoms with Crippen LogP contribution in [0.1, 0.15) is 23.3 Å². The lowest BCUT2D eigenvalue weighted by Gasteiger charge is -2.39. The zero-order valence-corrected chi connectivity index (χ0v) is 18.5. The van der Waals surface area contributed by atoms with E-state index in [1.807, 2.05) is 53.8 Å². The average Bonchev–Trinajstić information content (AvgIpc) is 3.28. The highest BCUT2D eigenvalue weighted by molar-refractivity contribution is 7.89. The van der Waals surface area contributed by atoms with Crippen molar-refractivity contribution < 1.29 is 8.42 Å². The largest absolute Gasteiger partial charge is 0.296 e. The van der Waals surface area contributed by atoms with Crippen LogP contribution < -0.4 is 0 Å². The van der Waals surface area contributed by atoms with E-state index >= 15 is 0 Å². The summed E-state index contributed by atoms with van der Waals surface area (Å²) < 4.78 is 28.3. The lowest BCUT2D eigenvalue weighted by molar-refractivity contribution is 0.127. The number of fused-ring (bicyclic) bond motifs is 1. The molecule has 0 unspecified atom stereocenters. The minimum atomic E-state index is -3.47. The molecule has 2 aliphatic rings. The monoisotopic (exact) mass is 438 g/mol. The number of hydrogen-bond acceptors (Lipinski definition) is 4. The topological polar surface area (TPSA) is 40.6 Å². The molecule has 1 fully saturated rings. The molecule has 3 heterocycles. The van der Waals surface area contributed by atoms with Crippen LogP contribution >= 0.6 is 11.3 Å². The van der Waals surface area contributed by atoms with E-state index in [0.717, 1.165) is 43.5 Å². The van der Waals surface area contributed by atoms with Crippen molar-refractivity contribution in [3.63, 3.8) is 0 Å². The molecule has 0 radical (unpaired) electrons. The molecule has 0 amide bonds. The Balaban J connectivity index is 1.28. The maximum absolute atomic E-state index is 13.3. The summed E-state index contributed by atoms with van der Waals surface area (Å²) >= 11 is 1.86. The molecule has 4 nitrogen and oxygen atoms in total. The first-order valence-corrected chi connectivity index (χ1v) is 12.9. The normalized spacial score (nSPS) is 18.9. The highest BCUT2D eigenvalue weighted by atomic mass is 32.2. The van der Waals surface area contributed by atoms with Crippen molar-refractivity contribution in [3.05, 3.63) is 76.5 Å². The summed E-state index contributed by atoms with van der Waals surface area (Å²) in [6.45, 7) is 3.28. The second-order valence-electron chi connectivity index (χ2n) is 8.12. The Morgan fingerprint density at radius 1 is 0.867 bits per heavy atom. The molecule has 30 heavy (non-hydrogen) atoms. The van der Waals surface area contributed by atoms with Gasteiger partial charge in [-0.1, -0.05) is 42.5 Å². The molecule has 2 aliphatic heterocycles. The van der Waals surface area contributed by atoms with E-state index in [4.69, 9.17) is 0 Å². The summed E-state index contributed by atoms with van der Waals surface area (Å²) in [5.41, 5.74) is 3.43. The quantitative estimate of drug-likeness (QED) is 0.596. The van der Waals surface area contributed by atoms with Gasteiger partial charge in [-0.2, -0.15) is 4.31 Å². The van der Waals surface area contributed by atoms with Gasteiger partial charge in [0.2, 0.25) is 10.0 Å². The molecule has 0 N–H and O–H groups in total. The van der Waals surface area contributed by atoms with Gasteiger partial charge in [0.15, 0.2) is 0 Å². The molecular weight excluding hydrogens is 412 g/mol. The molecule has 3 aromatic rings. The van der Waals surface area contributed by atoms with Crippen molar-refractivity contribution in [2.24, 2.45) is 0 Å². The molecule has 5 rings (SSSR count). The number of piperidine rings is 1. The van der Waals surface area contributed by atoms with Gasteiger partial charge in [0.25, 0.3) is 0 Å². The van der Waals surface area contributed by atoms with Crippen molar-refractivity contribution in [1.29, 1.82) is 0 Å². The van der Waals surface area contributed by atoms with Crippen LogP contribution in [0.5, 0.6) is 0 Å². The van der Waals surface area contributed by atoms with E-state index in [1.165, 1.54) is 10.4 Å². The van der Waals surface area contributed by atoms with Gasteiger partial charge < -0.3 is 0 Å². The third kappa shape index (κ3) is 3.85. The Hall–Kier alpha value is -1.99. The summed E-state index contributed by atoms with van der Waals surface area (Å²) in [5, 5.41) is 2.19. The molecule has 0 spiro atoms. The highest BCUT2D eigenvalue weighted by Crippen LogP contribution is 2.30. The first-order valence-electron chi connectivity index (χ1n) is 10.6. The van der Waals surface area contributed by atoms with Crippen LogP contribution in [0.4, 0.5) is 0 Å². The third-order valence-electron chi connectivity index (χ3n) is 6.36. The Kier molecular flexibility index (Phi) is 5.50. The van der Waals surface area contributed by atoms with Crippen molar-refractivity contribution in [1.82, 2.24) is 9.21 Å². The van der Waals surface area contributed by atoms with Crippen LogP contribution in [0.2, 0.25) is 0 Å². The summed E-state index contributed by atoms with van der Waals surface area (Å²) in [4.78, 5) is 4.46. The standard InChI is InChI=1S/C24H26N2O2S2/c27-30(28,23-8-4-7-20(17-23)19-5-2-1-3-6-19)26-14-9-22(10-15-26)25-13-11-24-21(18-25)12-16-29-24/h1-8,12,16-17,22H,9-11,13-15,18H2. The maximum Gasteiger partial charge on any atom is 0.243 e. The molecule has 1 aromatic heterocycles. The minimum Gasteiger partial charge on any atom is -0.296 e. The van der Waals surface area contributed by atoms with Gasteiger partial charge >= 0.3 is 0 Å². The summed E-state index contributed by atoms with van der Waals surface area (Å²) in [6.07, 6.45) is 2.92. The number of sulfonamides is 1. The Bertz CT molecular complexity index is 1120. The molecule has 0 bridgehead atoms. The molecule has 1 saturated heterocycles. The lowest BCUT2D eigenvalue weighted by Crippen LogP contribution is -2.47. The minimum absolute atomic E-state index is 0.392. The van der Waals surface area contributed by atoms with Crippen molar-refractivity contribution in [2.45, 2.75) is 36.7 Å². The maximum atomic E-state index is 13.3. The van der Waals surface area contributed by atoms with Crippen LogP contribution in [-0.2, 0) is 23.0 Å². The molecule has 0 saturated carbocycles. The fourth-order valence-corrected chi connectivity index (χ4v) is 7.05. The number of hydrogen-bond donors (Lipinski definition) is 0. The summed E-state index contributed by atoms with van der Waals surface area (Å²) in [6, 6.07) is 20.0. The summed E-state index contributed by atoms with van der Waals surface area (Å²) in [5.74, 6) is 0. The van der Waals surface area contributed by atoms with Gasteiger partial charge in [0.05, 0.1) is 4.90 Å². The van der Waals surface area contributed by atoms with Crippen LogP contribution in [0.15, 0.2) is 70.9 Å². The van der Waals surface area contributed by atoms with Gasteiger partial charge in [-0.25, -0.2) is 8.42 Å². The van der Waals surface area contributed by atoms with Crippen LogP contribution in [0.3, 0.4) is 0 Å². The van der Waals surface area contributed by atoms with E-state index in [-0.39, 0.29) is 0 Å². The molecular formula is C24H26N2O2S2. The predicted molar refractivity (Wildman–Crippen MR) is 122 cm³/mol. The van der Waals surface area contributed by atoms with E-state index in [1.54, 1.807) is 16.4 Å². The molecule has 156 valence electrons. The van der Waals surface area contributed by atoms with E-state index in [9.17, 15) is 8.42 Å². The zero-order valence-electron chi connectivity index (χ0n) is 16.9. The van der Waals surface area contributed by atoms with Gasteiger partial charge in [0.1, 0.15) is 0 Å². The van der Waals surface area contributed by atoms with Crippen LogP contribution in [0.25, 0.3) is 11.1 Å². The smallest absolute Gasteiger partial charge is 0.243 e. The molecule has 0 aliphatic carbocycles. The Labute approximate surface area is 182 Å². The van der Waals surface area contributed by atoms with Gasteiger partial charge in [-0.15, -0.1) is 11.3 Å². The molecule has 0 atom stereocenters. The SMILES string of the molecule is O=S(=O)(c1cccc(-c2ccccc2)c1)N1CCC(N2CCc3sccc3C2)CC1. The van der Waals surface area contributed by atoms with Crippen molar-refractivity contribution in [2.75, 3.05) is 19.6 Å². The lowest BCUT2D eigenvalue weighted by atomic mass is 10.0. The van der Waals surface area contributed by atoms with E-state index in [2.05, 4.69) is 16.3 Å². The van der Waals surface area contributed by atoms with Gasteiger partial charge in [0, 0.05) is 37.1 Å². The van der Waals surface area contributed by atoms with E-state index < -0.39 is 10.0 Å². The fraction of sp³-hybridized carbons (Fsp3) is 0.333. The first-order chi connectivity index (χ1) is 14.6. The number of benzene rings is 2. The van der Waals surface area contributed by atoms with Gasteiger partial charge in [-0.05, 0) is 59.5 Å². The Morgan fingerprint density at radius 3 is 2.43 bits per heavy atom. The predicted octanol–water partition coefficient (Wildman–Crippen LogP) is 4.63. The second kappa shape index (κ2) is 8.27. The van der Waals surface area contributed by atoms with E-state index in [0.29, 0.717) is 24.0 Å². The molecule has 6 heteroatoms. The third-order valence-corrected chi connectivity index (χ3v) is 9.27. The number of rotatable bonds is 4. The Morgan fingerprint density at radius 2 is 1.63 bits per heavy atom.